The van der Waals surface area contributed by atoms with Crippen molar-refractivity contribution in [2.45, 2.75) is 18.9 Å². The predicted octanol–water partition coefficient (Wildman–Crippen LogP) is 4.52. The molecule has 106 valence electrons. The van der Waals surface area contributed by atoms with E-state index in [9.17, 15) is 0 Å². The zero-order chi connectivity index (χ0) is 14.5. The Bertz CT molecular complexity index is 590. The molecule has 0 fully saturated rings. The van der Waals surface area contributed by atoms with Crippen molar-refractivity contribution in [3.8, 4) is 0 Å². The first-order chi connectivity index (χ1) is 9.58. The SMILES string of the molecule is CNC(Cc1cncc(Br)c1)Cc1ccc(Cl)cc1Cl. The van der Waals surface area contributed by atoms with Crippen LogP contribution < -0.4 is 5.32 Å². The summed E-state index contributed by atoms with van der Waals surface area (Å²) in [4.78, 5) is 4.19. The average Bonchev–Trinajstić information content (AvgIpc) is 2.41. The predicted molar refractivity (Wildman–Crippen MR) is 88.7 cm³/mol. The number of likely N-dealkylation sites (N-methyl/N-ethyl adjacent to an activating group) is 1. The molecule has 2 nitrogen and oxygen atoms in total. The Labute approximate surface area is 137 Å². The van der Waals surface area contributed by atoms with E-state index < -0.39 is 0 Å². The third kappa shape index (κ3) is 4.45. The lowest BCUT2D eigenvalue weighted by Gasteiger charge is -2.17. The highest BCUT2D eigenvalue weighted by atomic mass is 79.9. The lowest BCUT2D eigenvalue weighted by atomic mass is 10.00. The van der Waals surface area contributed by atoms with Crippen LogP contribution in [0.1, 0.15) is 11.1 Å². The second-order valence-electron chi connectivity index (χ2n) is 4.64. The van der Waals surface area contributed by atoms with E-state index in [0.29, 0.717) is 16.1 Å². The first-order valence-corrected chi connectivity index (χ1v) is 7.84. The monoisotopic (exact) mass is 372 g/mol. The van der Waals surface area contributed by atoms with E-state index in [1.807, 2.05) is 25.4 Å². The summed E-state index contributed by atoms with van der Waals surface area (Å²) in [6.45, 7) is 0. The van der Waals surface area contributed by atoms with Gasteiger partial charge in [-0.3, -0.25) is 4.98 Å². The number of nitrogens with zero attached hydrogens (tertiary/aromatic N) is 1. The van der Waals surface area contributed by atoms with Crippen molar-refractivity contribution in [2.24, 2.45) is 0 Å². The van der Waals surface area contributed by atoms with Gasteiger partial charge in [0.15, 0.2) is 0 Å². The maximum atomic E-state index is 6.23. The lowest BCUT2D eigenvalue weighted by molar-refractivity contribution is 0.555. The molecule has 0 aliphatic rings. The maximum Gasteiger partial charge on any atom is 0.0453 e. The number of pyridine rings is 1. The van der Waals surface area contributed by atoms with Crippen molar-refractivity contribution in [1.82, 2.24) is 10.3 Å². The molecule has 1 atom stereocenters. The summed E-state index contributed by atoms with van der Waals surface area (Å²) < 4.78 is 0.995. The van der Waals surface area contributed by atoms with Crippen molar-refractivity contribution in [3.63, 3.8) is 0 Å². The lowest BCUT2D eigenvalue weighted by Crippen LogP contribution is -2.30. The molecule has 0 spiro atoms. The van der Waals surface area contributed by atoms with Crippen LogP contribution in [0.5, 0.6) is 0 Å². The van der Waals surface area contributed by atoms with E-state index in [0.717, 1.165) is 22.9 Å². The summed E-state index contributed by atoms with van der Waals surface area (Å²) in [5.74, 6) is 0. The number of benzene rings is 1. The van der Waals surface area contributed by atoms with Gasteiger partial charge >= 0.3 is 0 Å². The zero-order valence-electron chi connectivity index (χ0n) is 11.0. The van der Waals surface area contributed by atoms with Gasteiger partial charge in [-0.05, 0) is 65.1 Å². The molecule has 1 N–H and O–H groups in total. The van der Waals surface area contributed by atoms with E-state index in [-0.39, 0.29) is 0 Å². The first kappa shape index (κ1) is 15.8. The normalized spacial score (nSPS) is 12.4. The maximum absolute atomic E-state index is 6.23. The van der Waals surface area contributed by atoms with Gasteiger partial charge < -0.3 is 5.32 Å². The van der Waals surface area contributed by atoms with Crippen LogP contribution in [0.15, 0.2) is 41.1 Å². The van der Waals surface area contributed by atoms with Gasteiger partial charge in [-0.15, -0.1) is 0 Å². The molecule has 1 aromatic heterocycles. The van der Waals surface area contributed by atoms with Crippen LogP contribution in [0.25, 0.3) is 0 Å². The fourth-order valence-corrected chi connectivity index (χ4v) is 2.98. The van der Waals surface area contributed by atoms with Crippen LogP contribution in [0.4, 0.5) is 0 Å². The summed E-state index contributed by atoms with van der Waals surface area (Å²) in [6.07, 6.45) is 5.41. The van der Waals surface area contributed by atoms with Crippen molar-refractivity contribution in [2.75, 3.05) is 7.05 Å². The Hall–Kier alpha value is -0.610. The standard InChI is InChI=1S/C15H15BrCl2N2/c1-19-14(5-10-4-12(16)9-20-8-10)6-11-2-3-13(17)7-15(11)18/h2-4,7-9,14,19H,5-6H2,1H3. The Morgan fingerprint density at radius 2 is 2.00 bits per heavy atom. The minimum absolute atomic E-state index is 0.296. The highest BCUT2D eigenvalue weighted by molar-refractivity contribution is 9.10. The molecule has 5 heteroatoms. The molecule has 2 aromatic rings. The summed E-state index contributed by atoms with van der Waals surface area (Å²) in [5.41, 5.74) is 2.28. The Morgan fingerprint density at radius 3 is 2.65 bits per heavy atom. The topological polar surface area (TPSA) is 24.9 Å². The molecule has 2 rings (SSSR count). The van der Waals surface area contributed by atoms with Crippen molar-refractivity contribution in [3.05, 3.63) is 62.3 Å². The molecule has 20 heavy (non-hydrogen) atoms. The second-order valence-corrected chi connectivity index (χ2v) is 6.40. The summed E-state index contributed by atoms with van der Waals surface area (Å²) in [6, 6.07) is 8.02. The fourth-order valence-electron chi connectivity index (χ4n) is 2.08. The molecule has 0 bridgehead atoms. The fraction of sp³-hybridized carbons (Fsp3) is 0.267. The molecule has 0 aliphatic carbocycles. The number of aromatic nitrogens is 1. The van der Waals surface area contributed by atoms with E-state index in [1.54, 1.807) is 12.3 Å². The smallest absolute Gasteiger partial charge is 0.0453 e. The second kappa shape index (κ2) is 7.41. The number of nitrogens with one attached hydrogen (secondary N) is 1. The summed E-state index contributed by atoms with van der Waals surface area (Å²) in [7, 11) is 1.96. The minimum atomic E-state index is 0.296. The van der Waals surface area contributed by atoms with Gasteiger partial charge in [-0.2, -0.15) is 0 Å². The molecule has 1 aromatic carbocycles. The molecule has 0 amide bonds. The average molecular weight is 374 g/mol. The van der Waals surface area contributed by atoms with Crippen LogP contribution in [-0.4, -0.2) is 18.1 Å². The van der Waals surface area contributed by atoms with Crippen molar-refractivity contribution in [1.29, 1.82) is 0 Å². The highest BCUT2D eigenvalue weighted by Crippen LogP contribution is 2.23. The Kier molecular flexibility index (Phi) is 5.85. The van der Waals surface area contributed by atoms with Crippen LogP contribution in [-0.2, 0) is 12.8 Å². The quantitative estimate of drug-likeness (QED) is 0.833. The van der Waals surface area contributed by atoms with Crippen LogP contribution >= 0.6 is 39.1 Å². The number of rotatable bonds is 5. The molecule has 0 radical (unpaired) electrons. The molecule has 1 unspecified atom stereocenters. The number of halogens is 3. The van der Waals surface area contributed by atoms with Gasteiger partial charge in [0.2, 0.25) is 0 Å². The van der Waals surface area contributed by atoms with E-state index >= 15 is 0 Å². The van der Waals surface area contributed by atoms with E-state index in [1.165, 1.54) is 5.56 Å². The summed E-state index contributed by atoms with van der Waals surface area (Å²) in [5, 5.41) is 4.70. The van der Waals surface area contributed by atoms with Gasteiger partial charge in [0, 0.05) is 33.0 Å². The molecule has 0 saturated heterocycles. The molecule has 0 saturated carbocycles. The molecule has 0 aliphatic heterocycles. The minimum Gasteiger partial charge on any atom is -0.316 e. The van der Waals surface area contributed by atoms with Gasteiger partial charge in [0.05, 0.1) is 0 Å². The largest absolute Gasteiger partial charge is 0.316 e. The molecular formula is C15H15BrCl2N2. The van der Waals surface area contributed by atoms with Crippen LogP contribution in [0.3, 0.4) is 0 Å². The van der Waals surface area contributed by atoms with Crippen LogP contribution in [0.2, 0.25) is 10.0 Å². The van der Waals surface area contributed by atoms with Gasteiger partial charge in [-0.1, -0.05) is 29.3 Å². The molecule has 1 heterocycles. The van der Waals surface area contributed by atoms with Gasteiger partial charge in [-0.25, -0.2) is 0 Å². The Morgan fingerprint density at radius 1 is 1.20 bits per heavy atom. The van der Waals surface area contributed by atoms with Gasteiger partial charge in [0.25, 0.3) is 0 Å². The van der Waals surface area contributed by atoms with Crippen molar-refractivity contribution < 1.29 is 0 Å². The molecular weight excluding hydrogens is 359 g/mol. The third-order valence-electron chi connectivity index (χ3n) is 3.13. The third-order valence-corrected chi connectivity index (χ3v) is 4.15. The van der Waals surface area contributed by atoms with Gasteiger partial charge in [0.1, 0.15) is 0 Å². The van der Waals surface area contributed by atoms with Crippen LogP contribution in [0, 0.1) is 0 Å². The first-order valence-electron chi connectivity index (χ1n) is 6.29. The number of hydrogen-bond donors (Lipinski definition) is 1. The Balaban J connectivity index is 2.09. The zero-order valence-corrected chi connectivity index (χ0v) is 14.1. The van der Waals surface area contributed by atoms with Crippen molar-refractivity contribution >= 4 is 39.1 Å². The summed E-state index contributed by atoms with van der Waals surface area (Å²) >= 11 is 15.6. The highest BCUT2D eigenvalue weighted by Gasteiger charge is 2.11. The van der Waals surface area contributed by atoms with E-state index in [2.05, 4.69) is 32.3 Å². The van der Waals surface area contributed by atoms with E-state index in [4.69, 9.17) is 23.2 Å². The number of hydrogen-bond acceptors (Lipinski definition) is 2.